The van der Waals surface area contributed by atoms with Gasteiger partial charge < -0.3 is 25.8 Å². The van der Waals surface area contributed by atoms with Crippen LogP contribution in [0.4, 0.5) is 19.6 Å². The minimum absolute atomic E-state index is 0.0252. The molecule has 4 saturated heterocycles. The molecule has 2 aromatic heterocycles. The van der Waals surface area contributed by atoms with Gasteiger partial charge >= 0.3 is 6.01 Å². The number of anilines is 2. The van der Waals surface area contributed by atoms with Gasteiger partial charge in [0.15, 0.2) is 5.82 Å². The Labute approximate surface area is 282 Å². The zero-order chi connectivity index (χ0) is 33.5. The Morgan fingerprint density at radius 2 is 1.83 bits per heavy atom. The van der Waals surface area contributed by atoms with E-state index in [9.17, 15) is 9.65 Å². The first kappa shape index (κ1) is 33.6. The predicted molar refractivity (Wildman–Crippen MR) is 184 cm³/mol. The molecule has 0 spiro atoms. The molecule has 4 aliphatic rings. The highest BCUT2D eigenvalue weighted by molar-refractivity contribution is 7.23. The van der Waals surface area contributed by atoms with Crippen molar-refractivity contribution in [1.29, 1.82) is 5.26 Å². The van der Waals surface area contributed by atoms with Crippen molar-refractivity contribution in [1.82, 2.24) is 20.2 Å². The van der Waals surface area contributed by atoms with Crippen LogP contribution in [0, 0.1) is 23.0 Å². The molecule has 2 bridgehead atoms. The zero-order valence-electron chi connectivity index (χ0n) is 26.9. The summed E-state index contributed by atoms with van der Waals surface area (Å²) in [6.45, 7) is 8.05. The summed E-state index contributed by atoms with van der Waals surface area (Å²) >= 11 is 7.81. The molecule has 9 nitrogen and oxygen atoms in total. The summed E-state index contributed by atoms with van der Waals surface area (Å²) in [6.07, 6.45) is 6.56. The van der Waals surface area contributed by atoms with Gasteiger partial charge in [-0.1, -0.05) is 31.5 Å². The van der Waals surface area contributed by atoms with Crippen molar-refractivity contribution in [2.45, 2.75) is 70.0 Å². The molecule has 2 unspecified atom stereocenters. The molecule has 4 aliphatic heterocycles. The predicted octanol–water partition coefficient (Wildman–Crippen LogP) is 6.48. The molecule has 6 heterocycles. The molecule has 8 rings (SSSR count). The molecule has 2 aromatic carbocycles. The monoisotopic (exact) mass is 683 g/mol. The van der Waals surface area contributed by atoms with E-state index in [4.69, 9.17) is 32.2 Å². The molecular weight excluding hydrogens is 644 g/mol. The van der Waals surface area contributed by atoms with E-state index >= 15 is 4.39 Å². The summed E-state index contributed by atoms with van der Waals surface area (Å²) in [5.41, 5.74) is 6.56. The number of aliphatic hydroxyl groups excluding tert-OH is 1. The van der Waals surface area contributed by atoms with Gasteiger partial charge in [-0.15, -0.1) is 11.3 Å². The Balaban J connectivity index is 0.000000932. The Hall–Kier alpha value is -3.34. The highest BCUT2D eigenvalue weighted by atomic mass is 35.5. The highest BCUT2D eigenvalue weighted by Gasteiger charge is 2.45. The smallest absolute Gasteiger partial charge is 0.319 e. The second-order valence-corrected chi connectivity index (χ2v) is 13.7. The standard InChI is InChI=1S/C31H30ClF2N7OS.C2H6.CH4O/c32-21-11-19-26(25(34)24(21)18-5-6-22(33)27-23(18)20(12-35)28(36)43-27)38-30(42-15-31-7-1-9-41(31)10-2-8-31)39-29(19)40-13-16-3-4-17(14-40)37-16;2*1-2/h5-6,11,16-17,37H,1-4,7-10,13-15,36H2;1-2H3;2H,1H3. The van der Waals surface area contributed by atoms with Crippen molar-refractivity contribution in [3.05, 3.63) is 40.4 Å². The molecule has 0 saturated carbocycles. The largest absolute Gasteiger partial charge is 0.461 e. The van der Waals surface area contributed by atoms with Gasteiger partial charge in [0.1, 0.15) is 34.8 Å². The number of thiophene rings is 1. The number of nitrogens with zero attached hydrogens (tertiary/aromatic N) is 5. The minimum Gasteiger partial charge on any atom is -0.461 e. The van der Waals surface area contributed by atoms with Gasteiger partial charge in [-0.2, -0.15) is 15.2 Å². The average Bonchev–Trinajstić information content (AvgIpc) is 3.85. The number of fused-ring (bicyclic) bond motifs is 5. The third kappa shape index (κ3) is 5.76. The third-order valence-electron chi connectivity index (χ3n) is 9.84. The summed E-state index contributed by atoms with van der Waals surface area (Å²) < 4.78 is 38.2. The van der Waals surface area contributed by atoms with Crippen LogP contribution in [0.5, 0.6) is 6.01 Å². The fourth-order valence-corrected chi connectivity index (χ4v) is 9.09. The van der Waals surface area contributed by atoms with Gasteiger partial charge in [0.25, 0.3) is 0 Å². The van der Waals surface area contributed by atoms with Crippen molar-refractivity contribution >= 4 is 54.7 Å². The fraction of sp³-hybridized carbons (Fsp3) is 0.500. The third-order valence-corrected chi connectivity index (χ3v) is 11.2. The molecule has 250 valence electrons. The number of hydrogen-bond donors (Lipinski definition) is 3. The molecule has 2 atom stereocenters. The number of piperazine rings is 1. The number of rotatable bonds is 5. The topological polar surface area (TPSA) is 124 Å². The first-order valence-corrected chi connectivity index (χ1v) is 17.5. The zero-order valence-corrected chi connectivity index (χ0v) is 28.4. The highest BCUT2D eigenvalue weighted by Crippen LogP contribution is 2.46. The summed E-state index contributed by atoms with van der Waals surface area (Å²) in [5, 5.41) is 21.5. The molecule has 0 amide bonds. The molecule has 4 fully saturated rings. The molecular formula is C34H40ClF2N7O2S. The van der Waals surface area contributed by atoms with E-state index in [1.54, 1.807) is 6.07 Å². The van der Waals surface area contributed by atoms with Crippen LogP contribution in [-0.2, 0) is 0 Å². The van der Waals surface area contributed by atoms with E-state index in [0.717, 1.165) is 83.2 Å². The number of hydrogen-bond acceptors (Lipinski definition) is 10. The van der Waals surface area contributed by atoms with E-state index in [1.807, 2.05) is 13.8 Å². The van der Waals surface area contributed by atoms with Gasteiger partial charge in [0, 0.05) is 48.6 Å². The van der Waals surface area contributed by atoms with Gasteiger partial charge in [-0.25, -0.2) is 8.78 Å². The number of nitrogen functional groups attached to an aromatic ring is 1. The summed E-state index contributed by atoms with van der Waals surface area (Å²) in [6, 6.07) is 7.24. The van der Waals surface area contributed by atoms with Gasteiger partial charge in [0.2, 0.25) is 0 Å². The van der Waals surface area contributed by atoms with Crippen LogP contribution in [0.2, 0.25) is 5.02 Å². The second-order valence-electron chi connectivity index (χ2n) is 12.3. The molecule has 4 N–H and O–H groups in total. The molecule has 47 heavy (non-hydrogen) atoms. The van der Waals surface area contributed by atoms with E-state index < -0.39 is 11.6 Å². The number of nitrogens with two attached hydrogens (primary N) is 1. The van der Waals surface area contributed by atoms with Gasteiger partial charge in [0.05, 0.1) is 20.8 Å². The molecule has 0 radical (unpaired) electrons. The number of ether oxygens (including phenoxy) is 1. The summed E-state index contributed by atoms with van der Waals surface area (Å²) in [7, 11) is 1.00. The van der Waals surface area contributed by atoms with Crippen LogP contribution in [0.25, 0.3) is 32.1 Å². The number of halogens is 3. The summed E-state index contributed by atoms with van der Waals surface area (Å²) in [5.74, 6) is -0.605. The van der Waals surface area contributed by atoms with Crippen LogP contribution in [0.3, 0.4) is 0 Å². The first-order valence-electron chi connectivity index (χ1n) is 16.3. The molecule has 13 heteroatoms. The van der Waals surface area contributed by atoms with E-state index in [0.29, 0.717) is 35.5 Å². The SMILES string of the molecule is CC.CO.N#Cc1c(N)sc2c(F)ccc(-c3c(Cl)cc4c(N5CC6CCC(C5)N6)nc(OCC56CCCN5CCC6)nc4c3F)c12. The van der Waals surface area contributed by atoms with Crippen LogP contribution in [0.1, 0.15) is 57.9 Å². The van der Waals surface area contributed by atoms with Gasteiger partial charge in [-0.3, -0.25) is 4.90 Å². The number of nitriles is 1. The van der Waals surface area contributed by atoms with Crippen molar-refractivity contribution < 1.29 is 18.6 Å². The maximum Gasteiger partial charge on any atom is 0.319 e. The van der Waals surface area contributed by atoms with Crippen molar-refractivity contribution in [3.63, 3.8) is 0 Å². The molecule has 4 aromatic rings. The number of aromatic nitrogens is 2. The van der Waals surface area contributed by atoms with Crippen LogP contribution >= 0.6 is 22.9 Å². The second kappa shape index (κ2) is 13.6. The normalized spacial score (nSPS) is 21.2. The fourth-order valence-electron chi connectivity index (χ4n) is 7.85. The maximum absolute atomic E-state index is 16.9. The van der Waals surface area contributed by atoms with E-state index in [1.165, 1.54) is 12.1 Å². The number of aliphatic hydroxyl groups is 1. The lowest BCUT2D eigenvalue weighted by Gasteiger charge is -2.35. The average molecular weight is 684 g/mol. The lowest BCUT2D eigenvalue weighted by Crippen LogP contribution is -2.51. The van der Waals surface area contributed by atoms with Crippen molar-refractivity contribution in [2.75, 3.05) is 50.5 Å². The minimum atomic E-state index is -0.669. The molecule has 0 aliphatic carbocycles. The van der Waals surface area contributed by atoms with E-state index in [2.05, 4.69) is 26.2 Å². The summed E-state index contributed by atoms with van der Waals surface area (Å²) in [4.78, 5) is 14.2. The van der Waals surface area contributed by atoms with Crippen LogP contribution in [-0.4, -0.2) is 77.5 Å². The van der Waals surface area contributed by atoms with Crippen molar-refractivity contribution in [3.8, 4) is 23.2 Å². The Morgan fingerprint density at radius 3 is 2.49 bits per heavy atom. The van der Waals surface area contributed by atoms with Gasteiger partial charge in [-0.05, 0) is 69.3 Å². The maximum atomic E-state index is 16.9. The number of benzene rings is 2. The van der Waals surface area contributed by atoms with E-state index in [-0.39, 0.29) is 48.3 Å². The van der Waals surface area contributed by atoms with Crippen LogP contribution < -0.4 is 20.7 Å². The Morgan fingerprint density at radius 1 is 1.15 bits per heavy atom. The lowest BCUT2D eigenvalue weighted by atomic mass is 9.95. The Kier molecular flexibility index (Phi) is 9.74. The Bertz CT molecular complexity index is 1830. The van der Waals surface area contributed by atoms with Crippen molar-refractivity contribution in [2.24, 2.45) is 0 Å². The van der Waals surface area contributed by atoms with Crippen LogP contribution in [0.15, 0.2) is 18.2 Å². The quantitative estimate of drug-likeness (QED) is 0.217. The first-order chi connectivity index (χ1) is 22.8. The lowest BCUT2D eigenvalue weighted by molar-refractivity contribution is 0.108. The number of nitrogens with one attached hydrogen (secondary N) is 1.